The first kappa shape index (κ1) is 60.2. The SMILES string of the molecule is CCOC(=O)C1=C(COC(C)=O)NC(C)=C(C(=O)OC)C1c1cccc(F)c1C1CCC1.COC(=O)C1=C(C)NC2=C(C(=O)OC2)[C@@H]1c1cccc(F)c1C1CCC1.COC(=O)C1=C(C)NC2=C(C(=O)OC2)[C@H]1c1cccc(F)c1C1CCC1. The molecule has 0 radical (unpaired) electrons. The third-order valence-corrected chi connectivity index (χ3v) is 16.9. The van der Waals surface area contributed by atoms with Gasteiger partial charge in [-0.15, -0.1) is 0 Å². The number of allylic oxidation sites excluding steroid dienone is 3. The van der Waals surface area contributed by atoms with Gasteiger partial charge in [0.15, 0.2) is 0 Å². The van der Waals surface area contributed by atoms with Crippen LogP contribution in [0.1, 0.15) is 161 Å². The molecule has 3 fully saturated rings. The molecule has 17 nitrogen and oxygen atoms in total. The van der Waals surface area contributed by atoms with Gasteiger partial charge in [-0.25, -0.2) is 41.9 Å². The Hall–Kier alpha value is -8.42. The quantitative estimate of drug-likeness (QED) is 0.107. The normalized spacial score (nSPS) is 21.1. The van der Waals surface area contributed by atoms with Crippen molar-refractivity contribution in [3.05, 3.63) is 173 Å². The molecule has 0 saturated heterocycles. The van der Waals surface area contributed by atoms with Gasteiger partial charge in [-0.3, -0.25) is 4.79 Å². The highest BCUT2D eigenvalue weighted by Crippen LogP contribution is 2.51. The summed E-state index contributed by atoms with van der Waals surface area (Å²) in [5, 5.41) is 9.17. The van der Waals surface area contributed by atoms with E-state index in [0.717, 1.165) is 57.8 Å². The standard InChI is InChI=1S/C24H28FNO6.2C20H20FNO4/c1-5-31-24(29)22-18(12-32-14(3)27)26-13(2)19(23(28)30-4)21(22)16-10-7-11-17(25)20(16)15-8-6-9-15;2*1-10-15(19(23)25-2)17(18-14(22-10)9-26-20(18)24)12-7-4-8-13(21)16(12)11-5-3-6-11/h7,10-11,15,21,26H,5-6,8-9,12H2,1-4H3;2*4,7-8,11,17,22H,3,5-6,9H2,1-2H3/t;2*17-/m.10/s1. The minimum atomic E-state index is -0.931. The molecule has 3 N–H and O–H groups in total. The van der Waals surface area contributed by atoms with Crippen molar-refractivity contribution in [2.24, 2.45) is 0 Å². The Kier molecular flexibility index (Phi) is 18.3. The minimum Gasteiger partial charge on any atom is -0.466 e. The molecular weight excluding hydrogens is 1090 g/mol. The third kappa shape index (κ3) is 11.5. The van der Waals surface area contributed by atoms with Crippen LogP contribution in [0.3, 0.4) is 0 Å². The first-order valence-corrected chi connectivity index (χ1v) is 28.2. The van der Waals surface area contributed by atoms with Crippen LogP contribution in [0.25, 0.3) is 0 Å². The van der Waals surface area contributed by atoms with Gasteiger partial charge in [0.05, 0.1) is 96.2 Å². The lowest BCUT2D eigenvalue weighted by Gasteiger charge is -2.35. The van der Waals surface area contributed by atoms with E-state index >= 15 is 4.39 Å². The number of methoxy groups -OCH3 is 3. The van der Waals surface area contributed by atoms with E-state index in [9.17, 15) is 42.3 Å². The van der Waals surface area contributed by atoms with Crippen molar-refractivity contribution < 1.29 is 79.9 Å². The highest BCUT2D eigenvalue weighted by Gasteiger charge is 2.47. The van der Waals surface area contributed by atoms with Crippen LogP contribution in [-0.2, 0) is 66.7 Å². The molecule has 3 atom stereocenters. The molecule has 444 valence electrons. The fourth-order valence-corrected chi connectivity index (χ4v) is 12.4. The smallest absolute Gasteiger partial charge is 0.337 e. The Labute approximate surface area is 484 Å². The average Bonchev–Trinajstić information content (AvgIpc) is 1.28. The van der Waals surface area contributed by atoms with Gasteiger partial charge in [0.2, 0.25) is 0 Å². The summed E-state index contributed by atoms with van der Waals surface area (Å²) in [6.45, 7) is 8.24. The number of carbonyl (C=O) groups is 7. The molecule has 0 spiro atoms. The second-order valence-corrected chi connectivity index (χ2v) is 21.7. The predicted molar refractivity (Wildman–Crippen MR) is 297 cm³/mol. The molecule has 20 heteroatoms. The van der Waals surface area contributed by atoms with Crippen LogP contribution in [0.4, 0.5) is 13.2 Å². The molecular formula is C64H68F3N3O14. The van der Waals surface area contributed by atoms with Crippen molar-refractivity contribution in [2.75, 3.05) is 47.8 Å². The van der Waals surface area contributed by atoms with Gasteiger partial charge in [-0.1, -0.05) is 55.7 Å². The molecule has 84 heavy (non-hydrogen) atoms. The highest BCUT2D eigenvalue weighted by molar-refractivity contribution is 6.03. The third-order valence-electron chi connectivity index (χ3n) is 16.9. The van der Waals surface area contributed by atoms with Crippen molar-refractivity contribution in [3.63, 3.8) is 0 Å². The summed E-state index contributed by atoms with van der Waals surface area (Å²) in [4.78, 5) is 87.3. The Balaban J connectivity index is 0.000000152. The molecule has 0 aromatic heterocycles. The van der Waals surface area contributed by atoms with Crippen LogP contribution in [0.5, 0.6) is 0 Å². The summed E-state index contributed by atoms with van der Waals surface area (Å²) >= 11 is 0. The number of benzene rings is 3. The predicted octanol–water partition coefficient (Wildman–Crippen LogP) is 9.68. The number of esters is 7. The molecule has 5 heterocycles. The minimum absolute atomic E-state index is 0.000605. The van der Waals surface area contributed by atoms with Gasteiger partial charge in [0, 0.05) is 24.0 Å². The Morgan fingerprint density at radius 2 is 0.869 bits per heavy atom. The topological polar surface area (TPSA) is 220 Å². The van der Waals surface area contributed by atoms with Crippen LogP contribution in [0, 0.1) is 17.5 Å². The number of carbonyl (C=O) groups excluding carboxylic acids is 7. The molecule has 1 unspecified atom stereocenters. The van der Waals surface area contributed by atoms with E-state index in [4.69, 9.17) is 33.2 Å². The van der Waals surface area contributed by atoms with Crippen LogP contribution in [-0.4, -0.2) is 89.5 Å². The second kappa shape index (κ2) is 25.6. The van der Waals surface area contributed by atoms with E-state index in [1.54, 1.807) is 64.1 Å². The molecule has 3 aromatic rings. The number of halogens is 3. The molecule has 3 saturated carbocycles. The lowest BCUT2D eigenvalue weighted by atomic mass is 9.72. The average molecular weight is 1160 g/mol. The van der Waals surface area contributed by atoms with Gasteiger partial charge in [-0.05, 0) is 136 Å². The van der Waals surface area contributed by atoms with Crippen molar-refractivity contribution in [2.45, 2.75) is 128 Å². The van der Waals surface area contributed by atoms with Gasteiger partial charge < -0.3 is 49.1 Å². The second-order valence-electron chi connectivity index (χ2n) is 21.7. The number of rotatable bonds is 13. The first-order valence-electron chi connectivity index (χ1n) is 28.2. The monoisotopic (exact) mass is 1160 g/mol. The molecule has 3 aromatic carbocycles. The molecule has 0 amide bonds. The van der Waals surface area contributed by atoms with E-state index in [2.05, 4.69) is 16.0 Å². The molecule has 0 bridgehead atoms. The summed E-state index contributed by atoms with van der Waals surface area (Å²) in [7, 11) is 3.85. The van der Waals surface area contributed by atoms with E-state index in [-0.39, 0.29) is 78.5 Å². The Bertz CT molecular complexity index is 3290. The summed E-state index contributed by atoms with van der Waals surface area (Å²) in [5.74, 6) is -6.89. The van der Waals surface area contributed by atoms with Crippen molar-refractivity contribution >= 4 is 41.8 Å². The number of dihydropyridines is 3. The van der Waals surface area contributed by atoms with E-state index in [0.29, 0.717) is 84.2 Å². The Morgan fingerprint density at radius 1 is 0.512 bits per heavy atom. The maximum absolute atomic E-state index is 15.1. The number of hydrogen-bond donors (Lipinski definition) is 3. The fraction of sp³-hybridized carbons (Fsp3) is 0.422. The van der Waals surface area contributed by atoms with Gasteiger partial charge in [-0.2, -0.15) is 0 Å². The summed E-state index contributed by atoms with van der Waals surface area (Å²) in [6, 6.07) is 14.4. The van der Waals surface area contributed by atoms with Gasteiger partial charge >= 0.3 is 41.8 Å². The van der Waals surface area contributed by atoms with Crippen molar-refractivity contribution in [1.82, 2.24) is 16.0 Å². The van der Waals surface area contributed by atoms with Gasteiger partial charge in [0.25, 0.3) is 0 Å². The number of hydrogen-bond acceptors (Lipinski definition) is 17. The van der Waals surface area contributed by atoms with Crippen molar-refractivity contribution in [3.8, 4) is 0 Å². The maximum atomic E-state index is 15.1. The van der Waals surface area contributed by atoms with Crippen LogP contribution >= 0.6 is 0 Å². The van der Waals surface area contributed by atoms with Crippen LogP contribution in [0.15, 0.2) is 122 Å². The maximum Gasteiger partial charge on any atom is 0.337 e. The van der Waals surface area contributed by atoms with Crippen LogP contribution in [0.2, 0.25) is 0 Å². The highest BCUT2D eigenvalue weighted by atomic mass is 19.1. The molecule has 8 aliphatic rings. The van der Waals surface area contributed by atoms with Crippen molar-refractivity contribution in [1.29, 1.82) is 0 Å². The summed E-state index contributed by atoms with van der Waals surface area (Å²) in [5.41, 5.74) is 8.41. The molecule has 11 rings (SSSR count). The van der Waals surface area contributed by atoms with E-state index < -0.39 is 59.5 Å². The number of ether oxygens (including phenoxy) is 7. The summed E-state index contributed by atoms with van der Waals surface area (Å²) < 4.78 is 80.3. The zero-order valence-corrected chi connectivity index (χ0v) is 48.2. The van der Waals surface area contributed by atoms with E-state index in [1.807, 2.05) is 0 Å². The molecule has 3 aliphatic carbocycles. The van der Waals surface area contributed by atoms with Gasteiger partial charge in [0.1, 0.15) is 37.3 Å². The zero-order chi connectivity index (χ0) is 60.3. The molecule has 5 aliphatic heterocycles. The first-order chi connectivity index (χ1) is 40.3. The van der Waals surface area contributed by atoms with E-state index in [1.165, 1.54) is 46.5 Å². The Morgan fingerprint density at radius 3 is 1.20 bits per heavy atom. The largest absolute Gasteiger partial charge is 0.466 e. The van der Waals surface area contributed by atoms with Crippen LogP contribution < -0.4 is 16.0 Å². The lowest BCUT2D eigenvalue weighted by molar-refractivity contribution is -0.142. The zero-order valence-electron chi connectivity index (χ0n) is 48.2. The fourth-order valence-electron chi connectivity index (χ4n) is 12.4. The summed E-state index contributed by atoms with van der Waals surface area (Å²) in [6.07, 6.45) is 8.39. The number of cyclic esters (lactones) is 2. The number of nitrogens with one attached hydrogen (secondary N) is 3. The lowest BCUT2D eigenvalue weighted by Crippen LogP contribution is -2.35.